The summed E-state index contributed by atoms with van der Waals surface area (Å²) in [6.07, 6.45) is 5.83. The van der Waals surface area contributed by atoms with Crippen LogP contribution in [0.4, 0.5) is 10.5 Å². The number of nitrogens with one attached hydrogen (secondary N) is 4. The normalized spacial score (nSPS) is 27.5. The second-order valence-electron chi connectivity index (χ2n) is 13.2. The van der Waals surface area contributed by atoms with Crippen molar-refractivity contribution in [3.63, 3.8) is 0 Å². The van der Waals surface area contributed by atoms with Gasteiger partial charge in [0.2, 0.25) is 27.7 Å². The van der Waals surface area contributed by atoms with E-state index in [1.807, 2.05) is 10.8 Å². The Morgan fingerprint density at radius 3 is 2.49 bits per heavy atom. The number of rotatable bonds is 7. The number of ether oxygens (including phenoxy) is 2. The lowest BCUT2D eigenvalue weighted by Crippen LogP contribution is -2.58. The van der Waals surface area contributed by atoms with E-state index in [-0.39, 0.29) is 19.4 Å². The number of carbonyl (C=O) groups excluding carboxylic acids is 5. The molecule has 258 valence electrons. The number of sulfonamides is 1. The highest BCUT2D eigenvalue weighted by molar-refractivity contribution is 7.90. The molecule has 2 fully saturated rings. The van der Waals surface area contributed by atoms with Crippen LogP contribution >= 0.6 is 0 Å². The zero-order valence-corrected chi connectivity index (χ0v) is 28.1. The highest BCUT2D eigenvalue weighted by Gasteiger charge is 2.61. The Kier molecular flexibility index (Phi) is 11.3. The summed E-state index contributed by atoms with van der Waals surface area (Å²) < 4.78 is 38.7. The molecule has 15 heteroatoms. The second kappa shape index (κ2) is 14.8. The van der Waals surface area contributed by atoms with E-state index in [0.717, 1.165) is 12.8 Å². The van der Waals surface area contributed by atoms with E-state index in [1.165, 1.54) is 12.0 Å². The number of methoxy groups -OCH3 is 1. The number of nitrogens with zero attached hydrogens (tertiary/aromatic N) is 1. The minimum atomic E-state index is -4.44. The Hall–Kier alpha value is -3.98. The van der Waals surface area contributed by atoms with Crippen LogP contribution in [0.5, 0.6) is 0 Å². The van der Waals surface area contributed by atoms with Gasteiger partial charge in [0.1, 0.15) is 29.0 Å². The molecule has 1 saturated carbocycles. The van der Waals surface area contributed by atoms with E-state index >= 15 is 0 Å². The van der Waals surface area contributed by atoms with Crippen LogP contribution in [-0.4, -0.2) is 91.8 Å². The third kappa shape index (κ3) is 9.76. The van der Waals surface area contributed by atoms with Crippen LogP contribution in [-0.2, 0) is 38.7 Å². The van der Waals surface area contributed by atoms with Gasteiger partial charge in [0.25, 0.3) is 5.91 Å². The van der Waals surface area contributed by atoms with Crippen LogP contribution in [0.3, 0.4) is 0 Å². The number of hydrogen-bond donors (Lipinski definition) is 4. The molecule has 1 aliphatic carbocycles. The lowest BCUT2D eigenvalue weighted by atomic mass is 10.0. The molecule has 47 heavy (non-hydrogen) atoms. The molecule has 1 aromatic carbocycles. The standard InChI is InChI=1S/C32H45N5O9S/c1-31(2,3)46-30(42)34-24-16-12-7-5-6-9-13-21-18-32(21,35-27(39)25-17-23(45-4)19-37(25)28(24)40)29(41)36-47(43,44)20-26(38)33-22-14-10-8-11-15-22/h8-11,13-15,21,23-25H,5-7,12,16-20H2,1-4H3,(H,33,38)(H,34,42)(H,35,39)(H,36,41)/b13-9-/t21-,23-,24+,25+,32-/m1/s1. The molecule has 2 aliphatic heterocycles. The van der Waals surface area contributed by atoms with Crippen LogP contribution in [0.2, 0.25) is 0 Å². The Bertz CT molecular complexity index is 1480. The first kappa shape index (κ1) is 35.9. The second-order valence-corrected chi connectivity index (χ2v) is 15.0. The van der Waals surface area contributed by atoms with Crippen molar-refractivity contribution in [2.45, 2.75) is 95.0 Å². The number of amides is 5. The van der Waals surface area contributed by atoms with Crippen molar-refractivity contribution in [3.8, 4) is 0 Å². The summed E-state index contributed by atoms with van der Waals surface area (Å²) in [6, 6.07) is 6.26. The lowest BCUT2D eigenvalue weighted by Gasteiger charge is -2.30. The Morgan fingerprint density at radius 1 is 1.09 bits per heavy atom. The summed E-state index contributed by atoms with van der Waals surface area (Å²) in [5, 5.41) is 7.89. The van der Waals surface area contributed by atoms with Crippen LogP contribution in [0.15, 0.2) is 42.5 Å². The van der Waals surface area contributed by atoms with E-state index in [9.17, 15) is 32.4 Å². The summed E-state index contributed by atoms with van der Waals surface area (Å²) >= 11 is 0. The third-order valence-corrected chi connectivity index (χ3v) is 9.43. The molecule has 3 aliphatic rings. The fraction of sp³-hybridized carbons (Fsp3) is 0.594. The highest BCUT2D eigenvalue weighted by Crippen LogP contribution is 2.45. The first-order valence-corrected chi connectivity index (χ1v) is 17.5. The lowest BCUT2D eigenvalue weighted by molar-refractivity contribution is -0.141. The zero-order chi connectivity index (χ0) is 34.4. The van der Waals surface area contributed by atoms with Crippen molar-refractivity contribution in [3.05, 3.63) is 42.5 Å². The molecule has 4 N–H and O–H groups in total. The van der Waals surface area contributed by atoms with Crippen molar-refractivity contribution in [1.29, 1.82) is 0 Å². The van der Waals surface area contributed by atoms with Crippen molar-refractivity contribution < 1.29 is 41.9 Å². The predicted molar refractivity (Wildman–Crippen MR) is 172 cm³/mol. The molecule has 5 atom stereocenters. The number of anilines is 1. The van der Waals surface area contributed by atoms with Crippen LogP contribution in [0.1, 0.15) is 65.7 Å². The topological polar surface area (TPSA) is 189 Å². The molecular weight excluding hydrogens is 630 g/mol. The van der Waals surface area contributed by atoms with Gasteiger partial charge in [-0.05, 0) is 58.6 Å². The maximum absolute atomic E-state index is 13.9. The number of allylic oxidation sites excluding steroid dienone is 1. The summed E-state index contributed by atoms with van der Waals surface area (Å²) in [6.45, 7) is 5.21. The van der Waals surface area contributed by atoms with E-state index in [0.29, 0.717) is 24.9 Å². The van der Waals surface area contributed by atoms with Gasteiger partial charge >= 0.3 is 6.09 Å². The zero-order valence-electron chi connectivity index (χ0n) is 27.2. The predicted octanol–water partition coefficient (Wildman–Crippen LogP) is 1.98. The van der Waals surface area contributed by atoms with E-state index in [1.54, 1.807) is 57.2 Å². The molecule has 1 aromatic rings. The van der Waals surface area contributed by atoms with E-state index in [2.05, 4.69) is 16.0 Å². The molecule has 0 aromatic heterocycles. The van der Waals surface area contributed by atoms with Crippen molar-refractivity contribution >= 4 is 45.4 Å². The summed E-state index contributed by atoms with van der Waals surface area (Å²) in [4.78, 5) is 67.8. The van der Waals surface area contributed by atoms with Gasteiger partial charge in [-0.2, -0.15) is 0 Å². The molecule has 0 radical (unpaired) electrons. The average Bonchev–Trinajstić information content (AvgIpc) is 3.49. The largest absolute Gasteiger partial charge is 0.444 e. The van der Waals surface area contributed by atoms with Gasteiger partial charge in [-0.15, -0.1) is 0 Å². The molecule has 2 heterocycles. The number of carbonyl (C=O) groups is 5. The first-order chi connectivity index (χ1) is 22.1. The maximum Gasteiger partial charge on any atom is 0.408 e. The first-order valence-electron chi connectivity index (χ1n) is 15.8. The fourth-order valence-electron chi connectivity index (χ4n) is 5.86. The monoisotopic (exact) mass is 675 g/mol. The van der Waals surface area contributed by atoms with E-state index in [4.69, 9.17) is 9.47 Å². The van der Waals surface area contributed by atoms with Crippen molar-refractivity contribution in [2.24, 2.45) is 5.92 Å². The van der Waals surface area contributed by atoms with Gasteiger partial charge in [0, 0.05) is 31.7 Å². The molecule has 0 unspecified atom stereocenters. The van der Waals surface area contributed by atoms with Gasteiger partial charge < -0.3 is 30.3 Å². The quantitative estimate of drug-likeness (QED) is 0.313. The van der Waals surface area contributed by atoms with Crippen LogP contribution in [0.25, 0.3) is 0 Å². The summed E-state index contributed by atoms with van der Waals surface area (Å²) in [5.41, 5.74) is -2.00. The smallest absolute Gasteiger partial charge is 0.408 e. The molecule has 14 nitrogen and oxygen atoms in total. The number of hydrogen-bond acceptors (Lipinski definition) is 9. The number of alkyl carbamates (subject to hydrolysis) is 1. The van der Waals surface area contributed by atoms with Crippen molar-refractivity contribution in [1.82, 2.24) is 20.3 Å². The SMILES string of the molecule is CO[C@@H]1C[C@H]2C(=O)N[C@]3(C(=O)NS(=O)(=O)CC(=O)Nc4ccccc4)C[C@H]3/C=C\CCCCC[C@H](NC(=O)OC(C)(C)C)C(=O)N2C1. The summed E-state index contributed by atoms with van der Waals surface area (Å²) in [5.74, 6) is -4.47. The fourth-order valence-corrected chi connectivity index (χ4v) is 6.81. The number of benzene rings is 1. The minimum Gasteiger partial charge on any atom is -0.444 e. The minimum absolute atomic E-state index is 0.0767. The average molecular weight is 676 g/mol. The van der Waals surface area contributed by atoms with Crippen LogP contribution < -0.4 is 20.7 Å². The van der Waals surface area contributed by atoms with Gasteiger partial charge in [-0.25, -0.2) is 13.2 Å². The maximum atomic E-state index is 13.9. The molecular formula is C32H45N5O9S. The molecule has 4 rings (SSSR count). The number of para-hydroxylation sites is 1. The van der Waals surface area contributed by atoms with E-state index < -0.39 is 80.7 Å². The Morgan fingerprint density at radius 2 is 1.81 bits per heavy atom. The molecule has 1 saturated heterocycles. The molecule has 5 amide bonds. The van der Waals surface area contributed by atoms with Crippen molar-refractivity contribution in [2.75, 3.05) is 24.7 Å². The van der Waals surface area contributed by atoms with Gasteiger partial charge in [0.05, 0.1) is 6.10 Å². The Balaban J connectivity index is 1.54. The highest BCUT2D eigenvalue weighted by atomic mass is 32.2. The van der Waals surface area contributed by atoms with Gasteiger partial charge in [0.15, 0.2) is 0 Å². The Labute approximate surface area is 275 Å². The van der Waals surface area contributed by atoms with Crippen LogP contribution in [0, 0.1) is 5.92 Å². The molecule has 0 bridgehead atoms. The molecule has 0 spiro atoms. The number of fused-ring (bicyclic) bond motifs is 2. The van der Waals surface area contributed by atoms with Gasteiger partial charge in [-0.3, -0.25) is 23.9 Å². The summed E-state index contributed by atoms with van der Waals surface area (Å²) in [7, 11) is -2.98. The van der Waals surface area contributed by atoms with Gasteiger partial charge in [-0.1, -0.05) is 43.2 Å². The third-order valence-electron chi connectivity index (χ3n) is 8.30.